The van der Waals surface area contributed by atoms with Crippen molar-refractivity contribution in [3.8, 4) is 0 Å². The van der Waals surface area contributed by atoms with Gasteiger partial charge in [0.05, 0.1) is 12.5 Å². The van der Waals surface area contributed by atoms with Crippen LogP contribution in [0.25, 0.3) is 0 Å². The van der Waals surface area contributed by atoms with E-state index in [4.69, 9.17) is 4.74 Å². The minimum Gasteiger partial charge on any atom is -0.375 e. The van der Waals surface area contributed by atoms with Crippen molar-refractivity contribution in [2.24, 2.45) is 11.8 Å². The second kappa shape index (κ2) is 10.4. The van der Waals surface area contributed by atoms with Crippen LogP contribution < -0.4 is 5.32 Å². The topological polar surface area (TPSA) is 116 Å². The van der Waals surface area contributed by atoms with Gasteiger partial charge in [-0.1, -0.05) is 25.7 Å². The van der Waals surface area contributed by atoms with Gasteiger partial charge in [0.15, 0.2) is 0 Å². The van der Waals surface area contributed by atoms with Crippen LogP contribution in [-0.4, -0.2) is 72.2 Å². The van der Waals surface area contributed by atoms with Gasteiger partial charge in [-0.3, -0.25) is 29.7 Å². The molecule has 1 unspecified atom stereocenters. The Labute approximate surface area is 159 Å². The quantitative estimate of drug-likeness (QED) is 0.336. The SMILES string of the molecule is COCC(=O)NC(=O)C1CCCN1C(=O)[C@H](CC1CCCC1)CN(O)C=O. The lowest BCUT2D eigenvalue weighted by molar-refractivity contribution is -0.158. The van der Waals surface area contributed by atoms with Crippen molar-refractivity contribution >= 4 is 24.1 Å². The van der Waals surface area contributed by atoms with Gasteiger partial charge in [0.25, 0.3) is 5.91 Å². The van der Waals surface area contributed by atoms with Crippen molar-refractivity contribution in [2.75, 3.05) is 26.8 Å². The van der Waals surface area contributed by atoms with Crippen molar-refractivity contribution in [2.45, 2.75) is 51.0 Å². The molecule has 0 bridgehead atoms. The minimum absolute atomic E-state index is 0.0910. The highest BCUT2D eigenvalue weighted by Crippen LogP contribution is 2.32. The number of hydrogen-bond donors (Lipinski definition) is 2. The Morgan fingerprint density at radius 3 is 2.59 bits per heavy atom. The Morgan fingerprint density at radius 2 is 1.96 bits per heavy atom. The van der Waals surface area contributed by atoms with Crippen LogP contribution in [0.5, 0.6) is 0 Å². The largest absolute Gasteiger partial charge is 0.375 e. The molecule has 1 aliphatic carbocycles. The van der Waals surface area contributed by atoms with Gasteiger partial charge in [0.1, 0.15) is 12.6 Å². The molecule has 9 nitrogen and oxygen atoms in total. The number of imide groups is 1. The highest BCUT2D eigenvalue weighted by Gasteiger charge is 2.38. The van der Waals surface area contributed by atoms with E-state index in [-0.39, 0.29) is 25.5 Å². The summed E-state index contributed by atoms with van der Waals surface area (Å²) >= 11 is 0. The Morgan fingerprint density at radius 1 is 1.26 bits per heavy atom. The summed E-state index contributed by atoms with van der Waals surface area (Å²) < 4.78 is 4.70. The van der Waals surface area contributed by atoms with Gasteiger partial charge in [-0.25, -0.2) is 5.06 Å². The molecule has 2 fully saturated rings. The molecule has 0 aromatic carbocycles. The monoisotopic (exact) mass is 383 g/mol. The number of carbonyl (C=O) groups is 4. The van der Waals surface area contributed by atoms with Crippen LogP contribution in [-0.2, 0) is 23.9 Å². The van der Waals surface area contributed by atoms with Gasteiger partial charge in [-0.15, -0.1) is 0 Å². The molecule has 27 heavy (non-hydrogen) atoms. The summed E-state index contributed by atoms with van der Waals surface area (Å²) in [5.74, 6) is -1.49. The Hall–Kier alpha value is -2.00. The fraction of sp³-hybridized carbons (Fsp3) is 0.778. The summed E-state index contributed by atoms with van der Waals surface area (Å²) in [5.41, 5.74) is 0. The molecule has 0 radical (unpaired) electrons. The molecule has 0 aromatic rings. The number of hydroxylamine groups is 2. The molecule has 152 valence electrons. The third kappa shape index (κ3) is 6.00. The van der Waals surface area contributed by atoms with Crippen LogP contribution >= 0.6 is 0 Å². The molecule has 9 heteroatoms. The zero-order valence-electron chi connectivity index (χ0n) is 15.8. The van der Waals surface area contributed by atoms with Crippen LogP contribution in [0.4, 0.5) is 0 Å². The Kier molecular flexibility index (Phi) is 8.18. The first kappa shape index (κ1) is 21.3. The predicted molar refractivity (Wildman–Crippen MR) is 94.4 cm³/mol. The summed E-state index contributed by atoms with van der Waals surface area (Å²) in [6.07, 6.45) is 6.32. The molecule has 1 aliphatic heterocycles. The summed E-state index contributed by atoms with van der Waals surface area (Å²) in [6, 6.07) is -0.715. The lowest BCUT2D eigenvalue weighted by Crippen LogP contribution is -2.51. The lowest BCUT2D eigenvalue weighted by atomic mass is 9.91. The molecule has 2 N–H and O–H groups in total. The molecule has 2 atom stereocenters. The van der Waals surface area contributed by atoms with E-state index in [0.29, 0.717) is 36.8 Å². The van der Waals surface area contributed by atoms with E-state index in [1.54, 1.807) is 0 Å². The number of amides is 4. The highest BCUT2D eigenvalue weighted by molar-refractivity contribution is 6.00. The highest BCUT2D eigenvalue weighted by atomic mass is 16.5. The van der Waals surface area contributed by atoms with Crippen LogP contribution in [0, 0.1) is 11.8 Å². The van der Waals surface area contributed by atoms with Crippen molar-refractivity contribution < 1.29 is 29.1 Å². The number of nitrogens with one attached hydrogen (secondary N) is 1. The Balaban J connectivity index is 2.05. The summed E-state index contributed by atoms with van der Waals surface area (Å²) in [6.45, 7) is 0.102. The number of carbonyl (C=O) groups excluding carboxylic acids is 4. The van der Waals surface area contributed by atoms with E-state index in [2.05, 4.69) is 5.32 Å². The lowest BCUT2D eigenvalue weighted by Gasteiger charge is -2.30. The Bertz CT molecular complexity index is 549. The normalized spacial score (nSPS) is 21.1. The second-order valence-corrected chi connectivity index (χ2v) is 7.35. The first-order valence-electron chi connectivity index (χ1n) is 9.50. The maximum atomic E-state index is 13.1. The maximum absolute atomic E-state index is 13.1. The van der Waals surface area contributed by atoms with E-state index >= 15 is 0 Å². The summed E-state index contributed by atoms with van der Waals surface area (Å²) in [7, 11) is 1.36. The van der Waals surface area contributed by atoms with Crippen LogP contribution in [0.1, 0.15) is 44.9 Å². The average molecular weight is 383 g/mol. The van der Waals surface area contributed by atoms with Crippen LogP contribution in [0.2, 0.25) is 0 Å². The molecule has 2 aliphatic rings. The first-order chi connectivity index (χ1) is 13.0. The second-order valence-electron chi connectivity index (χ2n) is 7.35. The first-order valence-corrected chi connectivity index (χ1v) is 9.50. The smallest absolute Gasteiger partial charge is 0.252 e. The van der Waals surface area contributed by atoms with E-state index in [1.165, 1.54) is 12.0 Å². The molecule has 1 saturated heterocycles. The minimum atomic E-state index is -0.715. The molecule has 2 rings (SSSR count). The molecule has 0 spiro atoms. The number of rotatable bonds is 9. The molecule has 4 amide bonds. The van der Waals surface area contributed by atoms with Crippen molar-refractivity contribution in [3.05, 3.63) is 0 Å². The summed E-state index contributed by atoms with van der Waals surface area (Å²) in [5, 5.41) is 12.4. The van der Waals surface area contributed by atoms with E-state index in [9.17, 15) is 24.4 Å². The number of ether oxygens (including phenoxy) is 1. The van der Waals surface area contributed by atoms with Crippen molar-refractivity contribution in [1.82, 2.24) is 15.3 Å². The van der Waals surface area contributed by atoms with Crippen molar-refractivity contribution in [1.29, 1.82) is 0 Å². The standard InChI is InChI=1S/C18H29N3O6/c1-27-11-16(23)19-17(24)15-7-4-8-21(15)18(25)14(10-20(26)12-22)9-13-5-2-3-6-13/h12-15,26H,2-11H2,1H3,(H,19,23,24)/t14-,15?/m1/s1. The third-order valence-electron chi connectivity index (χ3n) is 5.35. The number of methoxy groups -OCH3 is 1. The fourth-order valence-electron chi connectivity index (χ4n) is 4.10. The van der Waals surface area contributed by atoms with Crippen LogP contribution in [0.15, 0.2) is 0 Å². The van der Waals surface area contributed by atoms with Gasteiger partial charge < -0.3 is 9.64 Å². The zero-order valence-corrected chi connectivity index (χ0v) is 15.8. The molecule has 1 heterocycles. The predicted octanol–water partition coefficient (Wildman–Crippen LogP) is 0.311. The van der Waals surface area contributed by atoms with Gasteiger partial charge >= 0.3 is 0 Å². The maximum Gasteiger partial charge on any atom is 0.252 e. The average Bonchev–Trinajstić information content (AvgIpc) is 3.32. The van der Waals surface area contributed by atoms with E-state index in [0.717, 1.165) is 25.7 Å². The number of nitrogens with zero attached hydrogens (tertiary/aromatic N) is 2. The number of likely N-dealkylation sites (tertiary alicyclic amines) is 1. The van der Waals surface area contributed by atoms with Crippen LogP contribution in [0.3, 0.4) is 0 Å². The third-order valence-corrected chi connectivity index (χ3v) is 5.35. The zero-order chi connectivity index (χ0) is 19.8. The van der Waals surface area contributed by atoms with Gasteiger partial charge in [0, 0.05) is 13.7 Å². The van der Waals surface area contributed by atoms with E-state index in [1.807, 2.05) is 0 Å². The van der Waals surface area contributed by atoms with E-state index < -0.39 is 23.8 Å². The molecule has 0 aromatic heterocycles. The van der Waals surface area contributed by atoms with Gasteiger partial charge in [-0.05, 0) is 25.2 Å². The van der Waals surface area contributed by atoms with Gasteiger partial charge in [0.2, 0.25) is 18.2 Å². The molecular formula is C18H29N3O6. The number of hydrogen-bond acceptors (Lipinski definition) is 6. The molecule has 1 saturated carbocycles. The van der Waals surface area contributed by atoms with Gasteiger partial charge in [-0.2, -0.15) is 0 Å². The molecular weight excluding hydrogens is 354 g/mol. The fourth-order valence-corrected chi connectivity index (χ4v) is 4.10. The summed E-state index contributed by atoms with van der Waals surface area (Å²) in [4.78, 5) is 49.4. The van der Waals surface area contributed by atoms with Crippen molar-refractivity contribution in [3.63, 3.8) is 0 Å².